The molecule has 0 aliphatic carbocycles. The number of methoxy groups -OCH3 is 1. The summed E-state index contributed by atoms with van der Waals surface area (Å²) in [5, 5.41) is 7.75. The van der Waals surface area contributed by atoms with Crippen LogP contribution in [0.5, 0.6) is 5.75 Å². The molecule has 116 valence electrons. The minimum atomic E-state index is 0.0999. The predicted molar refractivity (Wildman–Crippen MR) is 87.5 cm³/mol. The molecule has 1 saturated heterocycles. The van der Waals surface area contributed by atoms with Crippen LogP contribution in [0.4, 0.5) is 5.69 Å². The number of nitrogens with zero attached hydrogens (tertiary/aromatic N) is 2. The van der Waals surface area contributed by atoms with Crippen LogP contribution < -0.4 is 15.4 Å². The number of likely N-dealkylation sites (tertiary alicyclic amines) is 1. The summed E-state index contributed by atoms with van der Waals surface area (Å²) in [5.41, 5.74) is 7.45. The van der Waals surface area contributed by atoms with Crippen molar-refractivity contribution < 1.29 is 4.74 Å². The van der Waals surface area contributed by atoms with E-state index in [-0.39, 0.29) is 5.84 Å². The Balaban J connectivity index is 2.13. The number of rotatable bonds is 5. The van der Waals surface area contributed by atoms with Crippen LogP contribution in [-0.4, -0.2) is 51.6 Å². The summed E-state index contributed by atoms with van der Waals surface area (Å²) in [4.78, 5) is 4.58. The number of amidine groups is 1. The summed E-state index contributed by atoms with van der Waals surface area (Å²) < 4.78 is 5.30. The number of nitrogen functional groups attached to an aromatic ring is 1. The van der Waals surface area contributed by atoms with Gasteiger partial charge in [0.2, 0.25) is 0 Å². The summed E-state index contributed by atoms with van der Waals surface area (Å²) in [6.07, 6.45) is 2.44. The van der Waals surface area contributed by atoms with Crippen molar-refractivity contribution in [1.29, 1.82) is 5.41 Å². The molecule has 5 nitrogen and oxygen atoms in total. The van der Waals surface area contributed by atoms with Crippen molar-refractivity contribution in [2.45, 2.75) is 12.8 Å². The molecule has 0 radical (unpaired) electrons. The van der Waals surface area contributed by atoms with E-state index in [2.05, 4.69) is 23.9 Å². The normalized spacial score (nSPS) is 16.7. The molecular formula is C16H26N4O. The average molecular weight is 290 g/mol. The van der Waals surface area contributed by atoms with Crippen molar-refractivity contribution in [1.82, 2.24) is 4.90 Å². The quantitative estimate of drug-likeness (QED) is 0.640. The third-order valence-electron chi connectivity index (χ3n) is 4.28. The minimum absolute atomic E-state index is 0.0999. The number of piperidine rings is 1. The van der Waals surface area contributed by atoms with Gasteiger partial charge in [0.25, 0.3) is 0 Å². The van der Waals surface area contributed by atoms with Crippen molar-refractivity contribution in [3.8, 4) is 5.75 Å². The highest BCUT2D eigenvalue weighted by Gasteiger charge is 2.20. The smallest absolute Gasteiger partial charge is 0.124 e. The molecule has 1 heterocycles. The highest BCUT2D eigenvalue weighted by Crippen LogP contribution is 2.27. The van der Waals surface area contributed by atoms with E-state index in [1.165, 1.54) is 12.8 Å². The standard InChI is InChI=1S/C16H26N4O/c1-19-8-6-12(7-9-19)11-20(2)15-10-13(21-3)4-5-14(15)16(17)18/h4-5,10,12H,6-9,11H2,1-3H3,(H3,17,18). The molecule has 0 amide bonds. The fourth-order valence-electron chi connectivity index (χ4n) is 2.91. The van der Waals surface area contributed by atoms with Crippen LogP contribution in [-0.2, 0) is 0 Å². The predicted octanol–water partition coefficient (Wildman–Crippen LogP) is 1.76. The Bertz CT molecular complexity index is 495. The fraction of sp³-hybridized carbons (Fsp3) is 0.562. The molecule has 0 aromatic heterocycles. The van der Waals surface area contributed by atoms with Crippen molar-refractivity contribution >= 4 is 11.5 Å². The summed E-state index contributed by atoms with van der Waals surface area (Å²) in [5.74, 6) is 1.59. The topological polar surface area (TPSA) is 65.6 Å². The van der Waals surface area contributed by atoms with Gasteiger partial charge in [0.05, 0.1) is 12.8 Å². The van der Waals surface area contributed by atoms with Gasteiger partial charge in [-0.25, -0.2) is 0 Å². The molecule has 2 rings (SSSR count). The summed E-state index contributed by atoms with van der Waals surface area (Å²) in [7, 11) is 5.90. The summed E-state index contributed by atoms with van der Waals surface area (Å²) >= 11 is 0. The second-order valence-corrected chi connectivity index (χ2v) is 5.92. The maximum atomic E-state index is 7.75. The molecule has 5 heteroatoms. The van der Waals surface area contributed by atoms with Crippen LogP contribution >= 0.6 is 0 Å². The highest BCUT2D eigenvalue weighted by molar-refractivity contribution is 6.00. The molecular weight excluding hydrogens is 264 g/mol. The van der Waals surface area contributed by atoms with Crippen LogP contribution in [0.3, 0.4) is 0 Å². The third kappa shape index (κ3) is 3.88. The van der Waals surface area contributed by atoms with Crippen LogP contribution in [0.25, 0.3) is 0 Å². The zero-order chi connectivity index (χ0) is 15.4. The lowest BCUT2D eigenvalue weighted by Crippen LogP contribution is -2.36. The largest absolute Gasteiger partial charge is 0.497 e. The van der Waals surface area contributed by atoms with Gasteiger partial charge in [-0.3, -0.25) is 5.41 Å². The van der Waals surface area contributed by atoms with Gasteiger partial charge in [-0.05, 0) is 51.0 Å². The van der Waals surface area contributed by atoms with Crippen molar-refractivity contribution in [2.75, 3.05) is 45.7 Å². The Hall–Kier alpha value is -1.75. The fourth-order valence-corrected chi connectivity index (χ4v) is 2.91. The first kappa shape index (κ1) is 15.6. The highest BCUT2D eigenvalue weighted by atomic mass is 16.5. The van der Waals surface area contributed by atoms with Gasteiger partial charge >= 0.3 is 0 Å². The van der Waals surface area contributed by atoms with E-state index in [9.17, 15) is 0 Å². The van der Waals surface area contributed by atoms with E-state index in [4.69, 9.17) is 15.9 Å². The Kier molecular flexibility index (Phi) is 5.07. The van der Waals surface area contributed by atoms with Gasteiger partial charge < -0.3 is 20.3 Å². The Morgan fingerprint density at radius 2 is 2.10 bits per heavy atom. The van der Waals surface area contributed by atoms with Crippen molar-refractivity contribution in [3.63, 3.8) is 0 Å². The number of hydrogen-bond donors (Lipinski definition) is 2. The lowest BCUT2D eigenvalue weighted by molar-refractivity contribution is 0.222. The van der Waals surface area contributed by atoms with Gasteiger partial charge in [-0.2, -0.15) is 0 Å². The third-order valence-corrected chi connectivity index (χ3v) is 4.28. The number of nitrogens with two attached hydrogens (primary N) is 1. The molecule has 3 N–H and O–H groups in total. The maximum absolute atomic E-state index is 7.75. The van der Waals surface area contributed by atoms with Gasteiger partial charge in [0.1, 0.15) is 11.6 Å². The monoisotopic (exact) mass is 290 g/mol. The van der Waals surface area contributed by atoms with Crippen molar-refractivity contribution in [3.05, 3.63) is 23.8 Å². The lowest BCUT2D eigenvalue weighted by Gasteiger charge is -2.33. The molecule has 0 atom stereocenters. The van der Waals surface area contributed by atoms with Crippen LogP contribution in [0.2, 0.25) is 0 Å². The molecule has 0 saturated carbocycles. The van der Waals surface area contributed by atoms with E-state index in [1.54, 1.807) is 7.11 Å². The van der Waals surface area contributed by atoms with Gasteiger partial charge in [0, 0.05) is 25.2 Å². The minimum Gasteiger partial charge on any atom is -0.497 e. The molecule has 0 bridgehead atoms. The van der Waals surface area contributed by atoms with E-state index in [1.807, 2.05) is 18.2 Å². The SMILES string of the molecule is COc1ccc(C(=N)N)c(N(C)CC2CCN(C)CC2)c1. The number of benzene rings is 1. The van der Waals surface area contributed by atoms with Gasteiger partial charge in [0.15, 0.2) is 0 Å². The molecule has 1 aliphatic rings. The van der Waals surface area contributed by atoms with Gasteiger partial charge in [-0.15, -0.1) is 0 Å². The number of nitrogens with one attached hydrogen (secondary N) is 1. The molecule has 0 unspecified atom stereocenters. The molecule has 1 aromatic carbocycles. The van der Waals surface area contributed by atoms with Crippen LogP contribution in [0.15, 0.2) is 18.2 Å². The van der Waals surface area contributed by atoms with E-state index < -0.39 is 0 Å². The first-order valence-corrected chi connectivity index (χ1v) is 7.43. The summed E-state index contributed by atoms with van der Waals surface area (Å²) in [6, 6.07) is 5.68. The van der Waals surface area contributed by atoms with E-state index in [0.29, 0.717) is 5.92 Å². The van der Waals surface area contributed by atoms with Crippen LogP contribution in [0, 0.1) is 11.3 Å². The molecule has 1 fully saturated rings. The Labute approximate surface area is 127 Å². The van der Waals surface area contributed by atoms with Crippen molar-refractivity contribution in [2.24, 2.45) is 11.7 Å². The Morgan fingerprint density at radius 3 is 2.67 bits per heavy atom. The molecule has 1 aliphatic heterocycles. The Morgan fingerprint density at radius 1 is 1.43 bits per heavy atom. The molecule has 1 aromatic rings. The average Bonchev–Trinajstić information content (AvgIpc) is 2.48. The first-order chi connectivity index (χ1) is 10.0. The lowest BCUT2D eigenvalue weighted by atomic mass is 9.96. The van der Waals surface area contributed by atoms with E-state index in [0.717, 1.165) is 36.6 Å². The maximum Gasteiger partial charge on any atom is 0.124 e. The number of hydrogen-bond acceptors (Lipinski definition) is 4. The second kappa shape index (κ2) is 6.80. The zero-order valence-corrected chi connectivity index (χ0v) is 13.2. The molecule has 0 spiro atoms. The zero-order valence-electron chi connectivity index (χ0n) is 13.2. The number of ether oxygens (including phenoxy) is 1. The second-order valence-electron chi connectivity index (χ2n) is 5.92. The first-order valence-electron chi connectivity index (χ1n) is 7.43. The molecule has 21 heavy (non-hydrogen) atoms. The van der Waals surface area contributed by atoms with Crippen LogP contribution in [0.1, 0.15) is 18.4 Å². The summed E-state index contributed by atoms with van der Waals surface area (Å²) in [6.45, 7) is 3.31. The van der Waals surface area contributed by atoms with Gasteiger partial charge in [-0.1, -0.05) is 0 Å². The van der Waals surface area contributed by atoms with E-state index >= 15 is 0 Å². The number of anilines is 1.